The van der Waals surface area contributed by atoms with E-state index in [2.05, 4.69) is 72.8 Å². The topological polar surface area (TPSA) is 9.23 Å². The Labute approximate surface area is 177 Å². The first-order valence-electron chi connectivity index (χ1n) is 11.5. The van der Waals surface area contributed by atoms with Crippen LogP contribution < -0.4 is 0 Å². The molecule has 0 aromatic heterocycles. The number of unbranched alkanes of at least 4 members (excludes halogenated alkanes) is 3. The molecule has 0 N–H and O–H groups in total. The van der Waals surface area contributed by atoms with Crippen molar-refractivity contribution < 1.29 is 4.74 Å². The molecular formula is C27H48O. The van der Waals surface area contributed by atoms with E-state index in [9.17, 15) is 0 Å². The quantitative estimate of drug-likeness (QED) is 0.189. The van der Waals surface area contributed by atoms with Gasteiger partial charge in [-0.05, 0) is 106 Å². The Kier molecular flexibility index (Phi) is 17.3. The van der Waals surface area contributed by atoms with Crippen LogP contribution in [-0.4, -0.2) is 12.7 Å². The molecule has 0 saturated carbocycles. The molecular weight excluding hydrogens is 340 g/mol. The summed E-state index contributed by atoms with van der Waals surface area (Å²) < 4.78 is 5.58. The fourth-order valence-corrected chi connectivity index (χ4v) is 3.08. The van der Waals surface area contributed by atoms with Crippen LogP contribution in [0, 0.1) is 0 Å². The Morgan fingerprint density at radius 1 is 0.607 bits per heavy atom. The number of rotatable bonds is 16. The van der Waals surface area contributed by atoms with Gasteiger partial charge >= 0.3 is 0 Å². The second kappa shape index (κ2) is 18.0. The second-order valence-corrected chi connectivity index (χ2v) is 8.82. The monoisotopic (exact) mass is 388 g/mol. The zero-order valence-electron chi connectivity index (χ0n) is 20.1. The van der Waals surface area contributed by atoms with Crippen LogP contribution in [-0.2, 0) is 4.74 Å². The number of hydrogen-bond donors (Lipinski definition) is 0. The lowest BCUT2D eigenvalue weighted by atomic mass is 10.0. The lowest BCUT2D eigenvalue weighted by molar-refractivity contribution is 0.0758. The first-order valence-corrected chi connectivity index (χ1v) is 11.5. The molecule has 0 heterocycles. The summed E-state index contributed by atoms with van der Waals surface area (Å²) in [4.78, 5) is 0. The average Bonchev–Trinajstić information content (AvgIpc) is 2.60. The lowest BCUT2D eigenvalue weighted by Gasteiger charge is -2.06. The minimum Gasteiger partial charge on any atom is -0.379 e. The maximum atomic E-state index is 5.58. The van der Waals surface area contributed by atoms with Gasteiger partial charge < -0.3 is 4.74 Å². The van der Waals surface area contributed by atoms with Gasteiger partial charge in [0.1, 0.15) is 0 Å². The van der Waals surface area contributed by atoms with E-state index in [1.807, 2.05) is 0 Å². The maximum absolute atomic E-state index is 5.58. The van der Waals surface area contributed by atoms with Gasteiger partial charge in [0.25, 0.3) is 0 Å². The third-order valence-electron chi connectivity index (χ3n) is 4.95. The summed E-state index contributed by atoms with van der Waals surface area (Å²) in [7, 11) is 0. The predicted octanol–water partition coefficient (Wildman–Crippen LogP) is 9.12. The van der Waals surface area contributed by atoms with Crippen molar-refractivity contribution in [2.24, 2.45) is 0 Å². The summed E-state index contributed by atoms with van der Waals surface area (Å²) in [5.41, 5.74) is 6.02. The van der Waals surface area contributed by atoms with E-state index in [4.69, 9.17) is 4.74 Å². The molecule has 0 aromatic carbocycles. The molecule has 0 radical (unpaired) electrons. The number of hydrogen-bond acceptors (Lipinski definition) is 1. The summed E-state index contributed by atoms with van der Waals surface area (Å²) in [6, 6.07) is 0. The summed E-state index contributed by atoms with van der Waals surface area (Å²) in [6.07, 6.45) is 22.1. The van der Waals surface area contributed by atoms with Crippen LogP contribution in [0.1, 0.15) is 113 Å². The normalized spacial score (nSPS) is 13.4. The molecule has 0 spiro atoms. The van der Waals surface area contributed by atoms with Crippen LogP contribution in [0.25, 0.3) is 0 Å². The van der Waals surface area contributed by atoms with Gasteiger partial charge in [-0.2, -0.15) is 0 Å². The first-order chi connectivity index (χ1) is 13.3. The highest BCUT2D eigenvalue weighted by Crippen LogP contribution is 2.14. The van der Waals surface area contributed by atoms with Gasteiger partial charge in [0, 0.05) is 6.61 Å². The molecule has 0 aromatic rings. The van der Waals surface area contributed by atoms with Crippen molar-refractivity contribution in [1.29, 1.82) is 0 Å². The highest BCUT2D eigenvalue weighted by Gasteiger charge is 1.95. The minimum absolute atomic E-state index is 0.367. The van der Waals surface area contributed by atoms with Gasteiger partial charge in [-0.25, -0.2) is 0 Å². The van der Waals surface area contributed by atoms with Gasteiger partial charge in [0.2, 0.25) is 0 Å². The zero-order valence-corrected chi connectivity index (χ0v) is 20.1. The Balaban J connectivity index is 3.84. The van der Waals surface area contributed by atoms with Gasteiger partial charge in [0.15, 0.2) is 0 Å². The van der Waals surface area contributed by atoms with Crippen LogP contribution in [0.15, 0.2) is 46.6 Å². The lowest BCUT2D eigenvalue weighted by Crippen LogP contribution is -2.03. The fraction of sp³-hybridized carbons (Fsp3) is 0.704. The van der Waals surface area contributed by atoms with E-state index < -0.39 is 0 Å². The molecule has 1 nitrogen and oxygen atoms in total. The molecule has 1 heteroatoms. The summed E-state index contributed by atoms with van der Waals surface area (Å²) in [5.74, 6) is 0. The smallest absolute Gasteiger partial charge is 0.0518 e. The molecule has 0 aliphatic carbocycles. The second-order valence-electron chi connectivity index (χ2n) is 8.82. The summed E-state index contributed by atoms with van der Waals surface area (Å²) in [5, 5.41) is 0. The van der Waals surface area contributed by atoms with E-state index in [-0.39, 0.29) is 0 Å². The van der Waals surface area contributed by atoms with Crippen molar-refractivity contribution in [2.45, 2.75) is 119 Å². The Hall–Kier alpha value is -1.08. The van der Waals surface area contributed by atoms with Crippen molar-refractivity contribution in [2.75, 3.05) is 6.61 Å². The molecule has 0 bridgehead atoms. The molecule has 0 amide bonds. The van der Waals surface area contributed by atoms with Gasteiger partial charge in [-0.1, -0.05) is 53.0 Å². The highest BCUT2D eigenvalue weighted by atomic mass is 16.5. The standard InChI is InChI=1S/C27H48O/c1-23(2)15-12-17-26(6)19-14-21-27(7)20-13-18-25(5)16-10-8-9-11-22-28-24(3)4/h15-16,19-20,24H,8-14,17-18,21-22H2,1-7H3/b25-16+,26-19+,27-20+. The Morgan fingerprint density at radius 2 is 1.07 bits per heavy atom. The fourth-order valence-electron chi connectivity index (χ4n) is 3.08. The van der Waals surface area contributed by atoms with Crippen LogP contribution in [0.3, 0.4) is 0 Å². The van der Waals surface area contributed by atoms with E-state index >= 15 is 0 Å². The maximum Gasteiger partial charge on any atom is 0.0518 e. The van der Waals surface area contributed by atoms with Gasteiger partial charge in [-0.3, -0.25) is 0 Å². The van der Waals surface area contributed by atoms with Crippen molar-refractivity contribution in [3.05, 3.63) is 46.6 Å². The molecule has 0 fully saturated rings. The van der Waals surface area contributed by atoms with Crippen LogP contribution in [0.2, 0.25) is 0 Å². The molecule has 0 aliphatic heterocycles. The zero-order chi connectivity index (χ0) is 21.2. The van der Waals surface area contributed by atoms with Crippen LogP contribution in [0.5, 0.6) is 0 Å². The first kappa shape index (κ1) is 26.9. The molecule has 162 valence electrons. The van der Waals surface area contributed by atoms with E-state index in [0.29, 0.717) is 6.10 Å². The highest BCUT2D eigenvalue weighted by molar-refractivity contribution is 5.07. The minimum atomic E-state index is 0.367. The van der Waals surface area contributed by atoms with Crippen LogP contribution >= 0.6 is 0 Å². The predicted molar refractivity (Wildman–Crippen MR) is 128 cm³/mol. The summed E-state index contributed by atoms with van der Waals surface area (Å²) in [6.45, 7) is 16.3. The van der Waals surface area contributed by atoms with Crippen LogP contribution in [0.4, 0.5) is 0 Å². The molecule has 0 saturated heterocycles. The third kappa shape index (κ3) is 19.7. The Bertz CT molecular complexity index is 498. The van der Waals surface area contributed by atoms with Gasteiger partial charge in [-0.15, -0.1) is 0 Å². The summed E-state index contributed by atoms with van der Waals surface area (Å²) >= 11 is 0. The Morgan fingerprint density at radius 3 is 1.54 bits per heavy atom. The van der Waals surface area contributed by atoms with E-state index in [0.717, 1.165) is 6.61 Å². The van der Waals surface area contributed by atoms with E-state index in [1.165, 1.54) is 86.5 Å². The van der Waals surface area contributed by atoms with Crippen molar-refractivity contribution in [3.8, 4) is 0 Å². The molecule has 0 unspecified atom stereocenters. The van der Waals surface area contributed by atoms with E-state index in [1.54, 1.807) is 0 Å². The third-order valence-corrected chi connectivity index (χ3v) is 4.95. The van der Waals surface area contributed by atoms with Crippen molar-refractivity contribution in [1.82, 2.24) is 0 Å². The SMILES string of the molecule is CC(C)=CCC/C(C)=C/CC/C(C)=C/CC/C(C)=C/CCCCCOC(C)C. The molecule has 28 heavy (non-hydrogen) atoms. The van der Waals surface area contributed by atoms with Crippen molar-refractivity contribution in [3.63, 3.8) is 0 Å². The molecule has 0 atom stereocenters. The number of allylic oxidation sites excluding steroid dienone is 8. The average molecular weight is 389 g/mol. The molecule has 0 rings (SSSR count). The van der Waals surface area contributed by atoms with Crippen molar-refractivity contribution >= 4 is 0 Å². The molecule has 0 aliphatic rings. The van der Waals surface area contributed by atoms with Gasteiger partial charge in [0.05, 0.1) is 6.10 Å². The number of ether oxygens (including phenoxy) is 1. The largest absolute Gasteiger partial charge is 0.379 e.